The summed E-state index contributed by atoms with van der Waals surface area (Å²) < 4.78 is 5.32. The number of carbonyl (C=O) groups excluding carboxylic acids is 1. The SMILES string of the molecule is Cc1cc(NC(=O)c2coc3ccccc23)n[nH]1. The molecule has 18 heavy (non-hydrogen) atoms. The number of hydrogen-bond donors (Lipinski definition) is 2. The van der Waals surface area contributed by atoms with Gasteiger partial charge in [-0.3, -0.25) is 9.89 Å². The predicted octanol–water partition coefficient (Wildman–Crippen LogP) is 2.72. The average Bonchev–Trinajstić information content (AvgIpc) is 2.95. The number of aromatic amines is 1. The minimum atomic E-state index is -0.230. The van der Waals surface area contributed by atoms with Gasteiger partial charge in [-0.15, -0.1) is 0 Å². The lowest BCUT2D eigenvalue weighted by Crippen LogP contribution is -2.11. The lowest BCUT2D eigenvalue weighted by Gasteiger charge is -1.98. The molecule has 0 spiro atoms. The van der Waals surface area contributed by atoms with Crippen LogP contribution in [0.5, 0.6) is 0 Å². The molecule has 0 aliphatic carbocycles. The summed E-state index contributed by atoms with van der Waals surface area (Å²) in [5.74, 6) is 0.272. The number of H-pyrrole nitrogens is 1. The molecule has 5 nitrogen and oxygen atoms in total. The quantitative estimate of drug-likeness (QED) is 0.724. The van der Waals surface area contributed by atoms with Crippen LogP contribution in [0.3, 0.4) is 0 Å². The molecule has 0 saturated heterocycles. The number of hydrogen-bond acceptors (Lipinski definition) is 3. The maximum Gasteiger partial charge on any atom is 0.260 e. The van der Waals surface area contributed by atoms with Crippen molar-refractivity contribution in [1.82, 2.24) is 10.2 Å². The molecule has 0 bridgehead atoms. The summed E-state index contributed by atoms with van der Waals surface area (Å²) in [7, 11) is 0. The van der Waals surface area contributed by atoms with Gasteiger partial charge in [0.05, 0.1) is 5.56 Å². The number of furan rings is 1. The van der Waals surface area contributed by atoms with Gasteiger partial charge in [0.2, 0.25) is 0 Å². The van der Waals surface area contributed by atoms with Crippen LogP contribution >= 0.6 is 0 Å². The first-order chi connectivity index (χ1) is 8.74. The molecule has 0 aliphatic heterocycles. The summed E-state index contributed by atoms with van der Waals surface area (Å²) in [6.45, 7) is 1.87. The minimum Gasteiger partial charge on any atom is -0.463 e. The molecule has 0 fully saturated rings. The lowest BCUT2D eigenvalue weighted by atomic mass is 10.1. The number of amides is 1. The van der Waals surface area contributed by atoms with Crippen molar-refractivity contribution in [3.8, 4) is 0 Å². The number of aromatic nitrogens is 2. The first kappa shape index (κ1) is 10.6. The molecule has 0 saturated carbocycles. The molecule has 1 aromatic carbocycles. The second-order valence-electron chi connectivity index (χ2n) is 4.04. The number of fused-ring (bicyclic) bond motifs is 1. The number of aryl methyl sites for hydroxylation is 1. The van der Waals surface area contributed by atoms with Gasteiger partial charge in [0.25, 0.3) is 5.91 Å². The van der Waals surface area contributed by atoms with Crippen molar-refractivity contribution in [2.45, 2.75) is 6.92 Å². The van der Waals surface area contributed by atoms with Crippen molar-refractivity contribution in [3.05, 3.63) is 47.9 Å². The van der Waals surface area contributed by atoms with Crippen LogP contribution < -0.4 is 5.32 Å². The van der Waals surface area contributed by atoms with Gasteiger partial charge < -0.3 is 9.73 Å². The van der Waals surface area contributed by atoms with Gasteiger partial charge in [-0.2, -0.15) is 5.10 Å². The summed E-state index contributed by atoms with van der Waals surface area (Å²) in [6.07, 6.45) is 1.46. The number of benzene rings is 1. The third kappa shape index (κ3) is 1.75. The minimum absolute atomic E-state index is 0.230. The predicted molar refractivity (Wildman–Crippen MR) is 67.5 cm³/mol. The fraction of sp³-hybridized carbons (Fsp3) is 0.0769. The smallest absolute Gasteiger partial charge is 0.260 e. The van der Waals surface area contributed by atoms with Gasteiger partial charge >= 0.3 is 0 Å². The first-order valence-corrected chi connectivity index (χ1v) is 5.53. The van der Waals surface area contributed by atoms with E-state index in [9.17, 15) is 4.79 Å². The molecule has 0 unspecified atom stereocenters. The fourth-order valence-corrected chi connectivity index (χ4v) is 1.82. The van der Waals surface area contributed by atoms with Gasteiger partial charge in [0, 0.05) is 17.1 Å². The van der Waals surface area contributed by atoms with Crippen LogP contribution in [0.2, 0.25) is 0 Å². The zero-order valence-electron chi connectivity index (χ0n) is 9.73. The molecule has 3 aromatic rings. The van der Waals surface area contributed by atoms with Crippen molar-refractivity contribution in [2.75, 3.05) is 5.32 Å². The van der Waals surface area contributed by atoms with E-state index in [0.717, 1.165) is 11.1 Å². The van der Waals surface area contributed by atoms with Crippen LogP contribution in [-0.4, -0.2) is 16.1 Å². The fourth-order valence-electron chi connectivity index (χ4n) is 1.82. The first-order valence-electron chi connectivity index (χ1n) is 5.53. The molecule has 0 aliphatic rings. The molecule has 2 heterocycles. The highest BCUT2D eigenvalue weighted by Crippen LogP contribution is 2.21. The van der Waals surface area contributed by atoms with Crippen molar-refractivity contribution in [1.29, 1.82) is 0 Å². The topological polar surface area (TPSA) is 70.9 Å². The zero-order valence-corrected chi connectivity index (χ0v) is 9.73. The second-order valence-corrected chi connectivity index (χ2v) is 4.04. The highest BCUT2D eigenvalue weighted by molar-refractivity contribution is 6.11. The van der Waals surface area contributed by atoms with Crippen molar-refractivity contribution < 1.29 is 9.21 Å². The Bertz CT molecular complexity index is 712. The summed E-state index contributed by atoms with van der Waals surface area (Å²) >= 11 is 0. The molecule has 2 aromatic heterocycles. The Morgan fingerprint density at radius 1 is 1.39 bits per heavy atom. The average molecular weight is 241 g/mol. The second kappa shape index (κ2) is 4.03. The van der Waals surface area contributed by atoms with Crippen LogP contribution in [0.4, 0.5) is 5.82 Å². The van der Waals surface area contributed by atoms with E-state index in [-0.39, 0.29) is 5.91 Å². The van der Waals surface area contributed by atoms with Gasteiger partial charge in [0.15, 0.2) is 5.82 Å². The summed E-state index contributed by atoms with van der Waals surface area (Å²) in [5.41, 5.74) is 2.09. The number of nitrogens with zero attached hydrogens (tertiary/aromatic N) is 1. The highest BCUT2D eigenvalue weighted by atomic mass is 16.3. The normalized spacial score (nSPS) is 10.7. The number of nitrogens with one attached hydrogen (secondary N) is 2. The van der Waals surface area contributed by atoms with Crippen LogP contribution in [0, 0.1) is 6.92 Å². The number of anilines is 1. The number of para-hydroxylation sites is 1. The molecule has 3 rings (SSSR count). The molecular weight excluding hydrogens is 230 g/mol. The number of rotatable bonds is 2. The standard InChI is InChI=1S/C13H11N3O2/c1-8-6-12(16-15-8)14-13(17)10-7-18-11-5-3-2-4-9(10)11/h2-7H,1H3,(H2,14,15,16,17). The van der Waals surface area contributed by atoms with E-state index in [2.05, 4.69) is 15.5 Å². The third-order valence-electron chi connectivity index (χ3n) is 2.67. The Morgan fingerprint density at radius 3 is 3.00 bits per heavy atom. The Hall–Kier alpha value is -2.56. The Labute approximate surface area is 103 Å². The molecule has 0 atom stereocenters. The Balaban J connectivity index is 1.92. The van der Waals surface area contributed by atoms with Gasteiger partial charge in [-0.25, -0.2) is 0 Å². The molecular formula is C13H11N3O2. The van der Waals surface area contributed by atoms with Crippen molar-refractivity contribution in [2.24, 2.45) is 0 Å². The van der Waals surface area contributed by atoms with Crippen LogP contribution in [0.15, 0.2) is 41.0 Å². The summed E-state index contributed by atoms with van der Waals surface area (Å²) in [5, 5.41) is 10.2. The van der Waals surface area contributed by atoms with Crippen LogP contribution in [-0.2, 0) is 0 Å². The Kier molecular flexibility index (Phi) is 2.37. The van der Waals surface area contributed by atoms with E-state index >= 15 is 0 Å². The lowest BCUT2D eigenvalue weighted by molar-refractivity contribution is 0.102. The van der Waals surface area contributed by atoms with Crippen LogP contribution in [0.25, 0.3) is 11.0 Å². The maximum absolute atomic E-state index is 12.1. The van der Waals surface area contributed by atoms with E-state index in [1.807, 2.05) is 31.2 Å². The highest BCUT2D eigenvalue weighted by Gasteiger charge is 2.14. The van der Waals surface area contributed by atoms with Gasteiger partial charge in [-0.05, 0) is 13.0 Å². The van der Waals surface area contributed by atoms with E-state index in [1.54, 1.807) is 6.07 Å². The maximum atomic E-state index is 12.1. The molecule has 2 N–H and O–H groups in total. The van der Waals surface area contributed by atoms with Crippen molar-refractivity contribution >= 4 is 22.7 Å². The van der Waals surface area contributed by atoms with Crippen molar-refractivity contribution in [3.63, 3.8) is 0 Å². The molecule has 1 amide bonds. The van der Waals surface area contributed by atoms with E-state index in [1.165, 1.54) is 6.26 Å². The van der Waals surface area contributed by atoms with E-state index in [4.69, 9.17) is 4.42 Å². The summed E-state index contributed by atoms with van der Waals surface area (Å²) in [4.78, 5) is 12.1. The Morgan fingerprint density at radius 2 is 2.22 bits per heavy atom. The largest absolute Gasteiger partial charge is 0.463 e. The zero-order chi connectivity index (χ0) is 12.5. The van der Waals surface area contributed by atoms with Gasteiger partial charge in [-0.1, -0.05) is 18.2 Å². The van der Waals surface area contributed by atoms with E-state index < -0.39 is 0 Å². The number of carbonyl (C=O) groups is 1. The third-order valence-corrected chi connectivity index (χ3v) is 2.67. The molecule has 0 radical (unpaired) electrons. The molecule has 90 valence electrons. The van der Waals surface area contributed by atoms with Crippen LogP contribution in [0.1, 0.15) is 16.1 Å². The monoisotopic (exact) mass is 241 g/mol. The summed E-state index contributed by atoms with van der Waals surface area (Å²) in [6, 6.07) is 9.17. The molecule has 5 heteroatoms. The van der Waals surface area contributed by atoms with Gasteiger partial charge in [0.1, 0.15) is 11.8 Å². The van der Waals surface area contributed by atoms with E-state index in [0.29, 0.717) is 17.0 Å².